The van der Waals surface area contributed by atoms with Gasteiger partial charge in [0.15, 0.2) is 0 Å². The molecule has 112 valence electrons. The average Bonchev–Trinajstić information content (AvgIpc) is 2.75. The zero-order valence-electron chi connectivity index (χ0n) is 11.9. The maximum Gasteiger partial charge on any atom is 0.338 e. The van der Waals surface area contributed by atoms with E-state index in [2.05, 4.69) is 0 Å². The van der Waals surface area contributed by atoms with Crippen molar-refractivity contribution in [1.29, 1.82) is 0 Å². The maximum atomic E-state index is 12.0. The van der Waals surface area contributed by atoms with Crippen LogP contribution in [0, 0.1) is 0 Å². The predicted molar refractivity (Wildman–Crippen MR) is 80.0 cm³/mol. The molecule has 0 aliphatic carbocycles. The second kappa shape index (κ2) is 6.76. The summed E-state index contributed by atoms with van der Waals surface area (Å²) < 4.78 is 5.27. The number of hydrogen-bond acceptors (Lipinski definition) is 5. The molecule has 5 nitrogen and oxygen atoms in total. The summed E-state index contributed by atoms with van der Waals surface area (Å²) in [6.07, 6.45) is 1.49. The summed E-state index contributed by atoms with van der Waals surface area (Å²) >= 11 is 1.37. The Morgan fingerprint density at radius 3 is 2.62 bits per heavy atom. The molecule has 1 aromatic rings. The molecule has 2 amide bonds. The highest BCUT2D eigenvalue weighted by atomic mass is 32.2. The van der Waals surface area contributed by atoms with Crippen LogP contribution in [0.1, 0.15) is 23.7 Å². The monoisotopic (exact) mass is 307 g/mol. The third-order valence-electron chi connectivity index (χ3n) is 3.24. The number of hydrogen-bond donors (Lipinski definition) is 0. The predicted octanol–water partition coefficient (Wildman–Crippen LogP) is 1.72. The maximum absolute atomic E-state index is 12.0. The second-order valence-electron chi connectivity index (χ2n) is 4.85. The van der Waals surface area contributed by atoms with Gasteiger partial charge in [0.1, 0.15) is 6.10 Å². The molecule has 0 saturated carbocycles. The zero-order valence-corrected chi connectivity index (χ0v) is 12.8. The van der Waals surface area contributed by atoms with Gasteiger partial charge in [-0.1, -0.05) is 18.2 Å². The number of ether oxygens (including phenoxy) is 1. The summed E-state index contributed by atoms with van der Waals surface area (Å²) in [6, 6.07) is 8.62. The highest BCUT2D eigenvalue weighted by molar-refractivity contribution is 8.00. The first kappa shape index (κ1) is 15.6. The quantitative estimate of drug-likeness (QED) is 0.612. The lowest BCUT2D eigenvalue weighted by Crippen LogP contribution is -2.38. The standard InChI is InChI=1S/C15H17NO4S/c1-10(20-15(19)11-6-4-3-5-7-11)9-16-13(17)8-12(21-2)14(16)18/h3-7,10,12H,8-9H2,1-2H3. The van der Waals surface area contributed by atoms with Gasteiger partial charge in [-0.2, -0.15) is 11.8 Å². The minimum absolute atomic E-state index is 0.104. The van der Waals surface area contributed by atoms with Gasteiger partial charge in [0.25, 0.3) is 0 Å². The van der Waals surface area contributed by atoms with Crippen LogP contribution < -0.4 is 0 Å². The molecule has 0 radical (unpaired) electrons. The van der Waals surface area contributed by atoms with Gasteiger partial charge in [-0.05, 0) is 25.3 Å². The number of thioether (sulfide) groups is 1. The second-order valence-corrected chi connectivity index (χ2v) is 5.89. The Labute approximate surface area is 127 Å². The van der Waals surface area contributed by atoms with Crippen molar-refractivity contribution in [3.63, 3.8) is 0 Å². The molecule has 2 atom stereocenters. The number of imide groups is 1. The van der Waals surface area contributed by atoms with Gasteiger partial charge in [0.05, 0.1) is 17.4 Å². The van der Waals surface area contributed by atoms with Crippen molar-refractivity contribution in [2.75, 3.05) is 12.8 Å². The van der Waals surface area contributed by atoms with Crippen LogP contribution in [0.3, 0.4) is 0 Å². The molecule has 0 bridgehead atoms. The first-order valence-electron chi connectivity index (χ1n) is 6.66. The van der Waals surface area contributed by atoms with E-state index in [0.717, 1.165) is 0 Å². The van der Waals surface area contributed by atoms with E-state index in [-0.39, 0.29) is 30.0 Å². The molecular formula is C15H17NO4S. The Kier molecular flexibility index (Phi) is 5.01. The molecule has 0 N–H and O–H groups in total. The summed E-state index contributed by atoms with van der Waals surface area (Å²) in [6.45, 7) is 1.78. The fourth-order valence-electron chi connectivity index (χ4n) is 2.15. The van der Waals surface area contributed by atoms with Gasteiger partial charge >= 0.3 is 5.97 Å². The molecule has 6 heteroatoms. The van der Waals surface area contributed by atoms with Crippen LogP contribution in [-0.2, 0) is 14.3 Å². The molecular weight excluding hydrogens is 290 g/mol. The van der Waals surface area contributed by atoms with Crippen LogP contribution >= 0.6 is 11.8 Å². The zero-order chi connectivity index (χ0) is 15.4. The number of nitrogens with zero attached hydrogens (tertiary/aromatic N) is 1. The highest BCUT2D eigenvalue weighted by Crippen LogP contribution is 2.23. The van der Waals surface area contributed by atoms with Crippen LogP contribution in [0.15, 0.2) is 30.3 Å². The van der Waals surface area contributed by atoms with E-state index < -0.39 is 12.1 Å². The Hall–Kier alpha value is -1.82. The molecule has 2 unspecified atom stereocenters. The van der Waals surface area contributed by atoms with Crippen LogP contribution in [0.25, 0.3) is 0 Å². The van der Waals surface area contributed by atoms with Crippen LogP contribution in [0.4, 0.5) is 0 Å². The van der Waals surface area contributed by atoms with E-state index in [1.807, 2.05) is 6.07 Å². The van der Waals surface area contributed by atoms with Gasteiger partial charge < -0.3 is 4.74 Å². The molecule has 1 aliphatic heterocycles. The number of carbonyl (C=O) groups is 3. The van der Waals surface area contributed by atoms with Crippen LogP contribution in [0.5, 0.6) is 0 Å². The van der Waals surface area contributed by atoms with E-state index in [9.17, 15) is 14.4 Å². The van der Waals surface area contributed by atoms with Crippen LogP contribution in [-0.4, -0.2) is 46.8 Å². The number of rotatable bonds is 5. The van der Waals surface area contributed by atoms with Gasteiger partial charge in [0.2, 0.25) is 11.8 Å². The van der Waals surface area contributed by atoms with E-state index in [1.54, 1.807) is 37.4 Å². The number of likely N-dealkylation sites (tertiary alicyclic amines) is 1. The summed E-state index contributed by atoms with van der Waals surface area (Å²) in [5.74, 6) is -0.860. The number of esters is 1. The molecule has 1 heterocycles. The van der Waals surface area contributed by atoms with E-state index in [1.165, 1.54) is 16.7 Å². The molecule has 1 aromatic carbocycles. The molecule has 1 aliphatic rings. The molecule has 0 spiro atoms. The Balaban J connectivity index is 1.93. The van der Waals surface area contributed by atoms with E-state index in [0.29, 0.717) is 5.56 Å². The minimum atomic E-state index is -0.536. The van der Waals surface area contributed by atoms with E-state index >= 15 is 0 Å². The molecule has 1 saturated heterocycles. The Bertz CT molecular complexity index is 546. The summed E-state index contributed by atoms with van der Waals surface area (Å²) in [4.78, 5) is 36.9. The largest absolute Gasteiger partial charge is 0.457 e. The Morgan fingerprint density at radius 2 is 2.05 bits per heavy atom. The first-order valence-corrected chi connectivity index (χ1v) is 7.94. The van der Waals surface area contributed by atoms with Gasteiger partial charge in [-0.25, -0.2) is 4.79 Å². The number of carbonyl (C=O) groups excluding carboxylic acids is 3. The van der Waals surface area contributed by atoms with Gasteiger partial charge in [0, 0.05) is 6.42 Å². The molecule has 21 heavy (non-hydrogen) atoms. The fourth-order valence-corrected chi connectivity index (χ4v) is 2.79. The third kappa shape index (κ3) is 3.64. The molecule has 2 rings (SSSR count). The van der Waals surface area contributed by atoms with Crippen molar-refractivity contribution in [3.05, 3.63) is 35.9 Å². The Morgan fingerprint density at radius 1 is 1.38 bits per heavy atom. The summed E-state index contributed by atoms with van der Waals surface area (Å²) in [5.41, 5.74) is 0.449. The molecule has 0 aromatic heterocycles. The lowest BCUT2D eigenvalue weighted by Gasteiger charge is -2.20. The lowest BCUT2D eigenvalue weighted by molar-refractivity contribution is -0.139. The fraction of sp³-hybridized carbons (Fsp3) is 0.400. The first-order chi connectivity index (χ1) is 10.0. The van der Waals surface area contributed by atoms with Crippen molar-refractivity contribution in [2.45, 2.75) is 24.7 Å². The summed E-state index contributed by atoms with van der Waals surface area (Å²) in [5, 5.41) is -0.311. The van der Waals surface area contributed by atoms with Gasteiger partial charge in [-0.3, -0.25) is 14.5 Å². The lowest BCUT2D eigenvalue weighted by atomic mass is 10.2. The topological polar surface area (TPSA) is 63.7 Å². The SMILES string of the molecule is CSC1CC(=O)N(CC(C)OC(=O)c2ccccc2)C1=O. The van der Waals surface area contributed by atoms with Crippen molar-refractivity contribution in [2.24, 2.45) is 0 Å². The van der Waals surface area contributed by atoms with Crippen molar-refractivity contribution < 1.29 is 19.1 Å². The average molecular weight is 307 g/mol. The number of benzene rings is 1. The van der Waals surface area contributed by atoms with Gasteiger partial charge in [-0.15, -0.1) is 0 Å². The summed E-state index contributed by atoms with van der Waals surface area (Å²) in [7, 11) is 0. The number of amides is 2. The third-order valence-corrected chi connectivity index (χ3v) is 4.18. The van der Waals surface area contributed by atoms with Crippen molar-refractivity contribution in [3.8, 4) is 0 Å². The highest BCUT2D eigenvalue weighted by Gasteiger charge is 2.38. The molecule has 1 fully saturated rings. The van der Waals surface area contributed by atoms with E-state index in [4.69, 9.17) is 4.74 Å². The van der Waals surface area contributed by atoms with Crippen molar-refractivity contribution in [1.82, 2.24) is 4.90 Å². The smallest absolute Gasteiger partial charge is 0.338 e. The normalized spacial score (nSPS) is 19.7. The van der Waals surface area contributed by atoms with Crippen LogP contribution in [0.2, 0.25) is 0 Å². The minimum Gasteiger partial charge on any atom is -0.457 e. The van der Waals surface area contributed by atoms with Crippen molar-refractivity contribution >= 4 is 29.5 Å².